The molecule has 1 amide bonds. The molecule has 0 unspecified atom stereocenters. The van der Waals surface area contributed by atoms with Crippen LogP contribution < -0.4 is 0 Å². The van der Waals surface area contributed by atoms with Crippen molar-refractivity contribution < 1.29 is 22.5 Å². The summed E-state index contributed by atoms with van der Waals surface area (Å²) in [6, 6.07) is 6.95. The van der Waals surface area contributed by atoms with E-state index in [2.05, 4.69) is 29.2 Å². The third kappa shape index (κ3) is 3.16. The van der Waals surface area contributed by atoms with Gasteiger partial charge in [-0.2, -0.15) is 10.2 Å². The van der Waals surface area contributed by atoms with Gasteiger partial charge in [0.15, 0.2) is 5.69 Å². The van der Waals surface area contributed by atoms with Crippen LogP contribution in [-0.4, -0.2) is 45.9 Å². The first-order chi connectivity index (χ1) is 16.2. The summed E-state index contributed by atoms with van der Waals surface area (Å²) in [5.74, 6) is -1.24. The SMILES string of the molecule is Cc1cc(C(=O)N(CCF)C[C@@]23CC[C@@H](c4cc(-c5c(F)cccc5F)nnc42)C3(C)C)no1. The molecular formula is C25H25F3N4O2. The van der Waals surface area contributed by atoms with Crippen molar-refractivity contribution in [1.82, 2.24) is 20.3 Å². The number of rotatable bonds is 6. The third-order valence-corrected chi connectivity index (χ3v) is 7.78. The van der Waals surface area contributed by atoms with Crippen LogP contribution in [0.1, 0.15) is 60.1 Å². The zero-order valence-electron chi connectivity index (χ0n) is 19.2. The largest absolute Gasteiger partial charge is 0.361 e. The van der Waals surface area contributed by atoms with Gasteiger partial charge in [0.05, 0.1) is 17.0 Å². The monoisotopic (exact) mass is 470 g/mol. The fourth-order valence-corrected chi connectivity index (χ4v) is 5.95. The maximum absolute atomic E-state index is 14.4. The van der Waals surface area contributed by atoms with Crippen LogP contribution in [0.5, 0.6) is 0 Å². The van der Waals surface area contributed by atoms with Crippen molar-refractivity contribution in [2.45, 2.75) is 44.9 Å². The summed E-state index contributed by atoms with van der Waals surface area (Å²) in [5.41, 5.74) is 0.757. The van der Waals surface area contributed by atoms with Crippen LogP contribution >= 0.6 is 0 Å². The number of alkyl halides is 1. The van der Waals surface area contributed by atoms with Gasteiger partial charge in [-0.25, -0.2) is 13.2 Å². The molecule has 178 valence electrons. The first-order valence-corrected chi connectivity index (χ1v) is 11.3. The first-order valence-electron chi connectivity index (χ1n) is 11.3. The Kier molecular flexibility index (Phi) is 5.26. The molecule has 2 atom stereocenters. The highest BCUT2D eigenvalue weighted by Gasteiger charge is 2.64. The van der Waals surface area contributed by atoms with Gasteiger partial charge < -0.3 is 9.42 Å². The van der Waals surface area contributed by atoms with E-state index in [0.717, 1.165) is 18.4 Å². The quantitative estimate of drug-likeness (QED) is 0.508. The van der Waals surface area contributed by atoms with E-state index in [1.165, 1.54) is 29.2 Å². The summed E-state index contributed by atoms with van der Waals surface area (Å²) >= 11 is 0. The number of nitrogens with zero attached hydrogens (tertiary/aromatic N) is 4. The Morgan fingerprint density at radius 1 is 1.21 bits per heavy atom. The lowest BCUT2D eigenvalue weighted by molar-refractivity contribution is 0.0615. The van der Waals surface area contributed by atoms with Crippen LogP contribution in [-0.2, 0) is 5.41 Å². The Morgan fingerprint density at radius 2 is 1.94 bits per heavy atom. The zero-order valence-corrected chi connectivity index (χ0v) is 19.2. The van der Waals surface area contributed by atoms with E-state index in [1.54, 1.807) is 13.0 Å². The van der Waals surface area contributed by atoms with Crippen molar-refractivity contribution in [3.05, 3.63) is 64.7 Å². The highest BCUT2D eigenvalue weighted by atomic mass is 19.1. The van der Waals surface area contributed by atoms with Crippen LogP contribution in [0.2, 0.25) is 0 Å². The van der Waals surface area contributed by atoms with Crippen LogP contribution in [0, 0.1) is 24.0 Å². The average molecular weight is 470 g/mol. The molecule has 0 radical (unpaired) electrons. The Balaban J connectivity index is 1.56. The van der Waals surface area contributed by atoms with Crippen molar-refractivity contribution in [3.63, 3.8) is 0 Å². The van der Waals surface area contributed by atoms with Crippen molar-refractivity contribution >= 4 is 5.91 Å². The van der Waals surface area contributed by atoms with E-state index in [1.807, 2.05) is 0 Å². The number of halogens is 3. The van der Waals surface area contributed by atoms with Crippen molar-refractivity contribution in [2.24, 2.45) is 5.41 Å². The zero-order chi connectivity index (χ0) is 24.3. The van der Waals surface area contributed by atoms with E-state index in [4.69, 9.17) is 4.52 Å². The van der Waals surface area contributed by atoms with Crippen molar-refractivity contribution in [1.29, 1.82) is 0 Å². The fraction of sp³-hybridized carbons (Fsp3) is 0.440. The molecule has 0 N–H and O–H groups in total. The number of aromatic nitrogens is 3. The Hall–Kier alpha value is -3.23. The minimum Gasteiger partial charge on any atom is -0.361 e. The minimum absolute atomic E-state index is 0.0724. The number of amides is 1. The van der Waals surface area contributed by atoms with Gasteiger partial charge >= 0.3 is 0 Å². The lowest BCUT2D eigenvalue weighted by Crippen LogP contribution is -2.49. The molecular weight excluding hydrogens is 445 g/mol. The number of aryl methyl sites for hydroxylation is 1. The van der Waals surface area contributed by atoms with E-state index < -0.39 is 29.6 Å². The molecule has 9 heteroatoms. The summed E-state index contributed by atoms with van der Waals surface area (Å²) in [7, 11) is 0. The summed E-state index contributed by atoms with van der Waals surface area (Å²) in [4.78, 5) is 14.6. The van der Waals surface area contributed by atoms with Crippen LogP contribution in [0.15, 0.2) is 34.9 Å². The number of carbonyl (C=O) groups is 1. The lowest BCUT2D eigenvalue weighted by Gasteiger charge is -2.41. The summed E-state index contributed by atoms with van der Waals surface area (Å²) in [6.45, 7) is 5.34. The molecule has 1 fully saturated rings. The lowest BCUT2D eigenvalue weighted by atomic mass is 9.68. The number of benzene rings is 1. The summed E-state index contributed by atoms with van der Waals surface area (Å²) < 4.78 is 47.4. The Bertz CT molecular complexity index is 1250. The highest BCUT2D eigenvalue weighted by molar-refractivity contribution is 5.92. The molecule has 1 aromatic carbocycles. The van der Waals surface area contributed by atoms with Crippen LogP contribution in [0.3, 0.4) is 0 Å². The normalized spacial score (nSPS) is 22.1. The second kappa shape index (κ2) is 7.92. The highest BCUT2D eigenvalue weighted by Crippen LogP contribution is 2.67. The molecule has 2 aliphatic carbocycles. The Labute approximate surface area is 195 Å². The minimum atomic E-state index is -0.702. The maximum Gasteiger partial charge on any atom is 0.276 e. The molecule has 0 spiro atoms. The van der Waals surface area contributed by atoms with Gasteiger partial charge in [-0.15, -0.1) is 0 Å². The number of fused-ring (bicyclic) bond motifs is 5. The molecule has 2 aromatic heterocycles. The second-order valence-corrected chi connectivity index (χ2v) is 9.76. The average Bonchev–Trinajstić information content (AvgIpc) is 3.39. The number of carbonyl (C=O) groups excluding carboxylic acids is 1. The van der Waals surface area contributed by atoms with Gasteiger partial charge in [-0.3, -0.25) is 4.79 Å². The van der Waals surface area contributed by atoms with Gasteiger partial charge in [-0.1, -0.05) is 25.1 Å². The topological polar surface area (TPSA) is 72.1 Å². The molecule has 0 saturated heterocycles. The molecule has 6 nitrogen and oxygen atoms in total. The number of hydrogen-bond donors (Lipinski definition) is 0. The van der Waals surface area contributed by atoms with E-state index in [9.17, 15) is 18.0 Å². The molecule has 2 heterocycles. The van der Waals surface area contributed by atoms with Gasteiger partial charge in [0.1, 0.15) is 24.1 Å². The standard InChI is InChI=1S/C25H25F3N4O2/c1-14-11-20(31-34-14)23(33)32(10-9-26)13-25-8-7-16(24(25,2)3)15-12-19(29-30-22(15)25)21-17(27)5-4-6-18(21)28/h4-6,11-12,16H,7-10,13H2,1-3H3/t16-,25-/m0/s1. The van der Waals surface area contributed by atoms with Gasteiger partial charge in [0.2, 0.25) is 0 Å². The van der Waals surface area contributed by atoms with Crippen LogP contribution in [0.25, 0.3) is 11.3 Å². The Morgan fingerprint density at radius 3 is 2.59 bits per heavy atom. The van der Waals surface area contributed by atoms with Gasteiger partial charge in [0, 0.05) is 24.6 Å². The third-order valence-electron chi connectivity index (χ3n) is 7.78. The van der Waals surface area contributed by atoms with E-state index >= 15 is 0 Å². The predicted molar refractivity (Wildman–Crippen MR) is 118 cm³/mol. The molecule has 3 aromatic rings. The maximum atomic E-state index is 14.4. The second-order valence-electron chi connectivity index (χ2n) is 9.76. The molecule has 0 aliphatic heterocycles. The van der Waals surface area contributed by atoms with E-state index in [-0.39, 0.29) is 41.4 Å². The molecule has 2 bridgehead atoms. The van der Waals surface area contributed by atoms with Crippen molar-refractivity contribution in [2.75, 3.05) is 19.8 Å². The molecule has 5 rings (SSSR count). The smallest absolute Gasteiger partial charge is 0.276 e. The number of hydrogen-bond acceptors (Lipinski definition) is 5. The molecule has 1 saturated carbocycles. The molecule has 34 heavy (non-hydrogen) atoms. The first kappa shape index (κ1) is 22.6. The predicted octanol–water partition coefficient (Wildman–Crippen LogP) is 4.99. The summed E-state index contributed by atoms with van der Waals surface area (Å²) in [6.07, 6.45) is 1.57. The summed E-state index contributed by atoms with van der Waals surface area (Å²) in [5, 5.41) is 12.5. The van der Waals surface area contributed by atoms with Crippen LogP contribution in [0.4, 0.5) is 13.2 Å². The van der Waals surface area contributed by atoms with Crippen molar-refractivity contribution in [3.8, 4) is 11.3 Å². The van der Waals surface area contributed by atoms with E-state index in [0.29, 0.717) is 11.5 Å². The fourth-order valence-electron chi connectivity index (χ4n) is 5.95. The molecule has 2 aliphatic rings. The van der Waals surface area contributed by atoms with Gasteiger partial charge in [0.25, 0.3) is 5.91 Å². The van der Waals surface area contributed by atoms with Gasteiger partial charge in [-0.05, 0) is 54.9 Å².